The predicted molar refractivity (Wildman–Crippen MR) is 132 cm³/mol. The zero-order valence-electron chi connectivity index (χ0n) is 19.7. The maximum atomic E-state index is 13.2. The summed E-state index contributed by atoms with van der Waals surface area (Å²) in [5.41, 5.74) is 4.44. The molecule has 0 aromatic heterocycles. The zero-order chi connectivity index (χ0) is 23.8. The van der Waals surface area contributed by atoms with Gasteiger partial charge in [0.1, 0.15) is 0 Å². The molecule has 1 aliphatic rings. The van der Waals surface area contributed by atoms with Crippen molar-refractivity contribution in [3.63, 3.8) is 0 Å². The van der Waals surface area contributed by atoms with Gasteiger partial charge in [0.25, 0.3) is 17.1 Å². The Morgan fingerprint density at radius 1 is 0.906 bits per heavy atom. The van der Waals surface area contributed by atoms with Crippen molar-refractivity contribution in [1.29, 1.82) is 0 Å². The van der Waals surface area contributed by atoms with Crippen LogP contribution in [0.15, 0.2) is 47.4 Å². The highest BCUT2D eigenvalue weighted by Gasteiger charge is 2.25. The Labute approximate surface area is 194 Å². The highest BCUT2D eigenvalue weighted by Crippen LogP contribution is 2.33. The monoisotopic (exact) mass is 450 g/mol. The Morgan fingerprint density at radius 2 is 1.44 bits per heavy atom. The number of hydrogen-bond donors (Lipinski definition) is 1. The largest absolute Gasteiger partial charge is 0.311 e. The van der Waals surface area contributed by atoms with E-state index in [-0.39, 0.29) is 22.0 Å². The van der Waals surface area contributed by atoms with Gasteiger partial charge < -0.3 is 4.90 Å². The molecule has 1 saturated heterocycles. The van der Waals surface area contributed by atoms with E-state index in [0.29, 0.717) is 10.5 Å². The molecule has 168 valence electrons. The second-order valence-corrected chi connectivity index (χ2v) is 11.1. The summed E-state index contributed by atoms with van der Waals surface area (Å²) < 4.78 is 0. The Hall–Kier alpha value is -2.86. The van der Waals surface area contributed by atoms with E-state index >= 15 is 0 Å². The Morgan fingerprint density at radius 3 is 1.88 bits per heavy atom. The lowest BCUT2D eigenvalue weighted by Gasteiger charge is -2.28. The van der Waals surface area contributed by atoms with Crippen LogP contribution in [0.25, 0.3) is 6.08 Å². The predicted octanol–water partition coefficient (Wildman–Crippen LogP) is 5.88. The third-order valence-electron chi connectivity index (χ3n) is 5.44. The van der Waals surface area contributed by atoms with E-state index in [2.05, 4.69) is 65.1 Å². The van der Waals surface area contributed by atoms with Crippen molar-refractivity contribution >= 4 is 40.6 Å². The lowest BCUT2D eigenvalue weighted by molar-refractivity contribution is -0.115. The molecule has 5 nitrogen and oxygen atoms in total. The van der Waals surface area contributed by atoms with E-state index in [9.17, 15) is 14.4 Å². The van der Waals surface area contributed by atoms with Crippen molar-refractivity contribution in [2.24, 2.45) is 0 Å². The second kappa shape index (κ2) is 8.58. The molecular weight excluding hydrogens is 420 g/mol. The third kappa shape index (κ3) is 5.30. The molecule has 3 amide bonds. The number of carbonyl (C=O) groups is 3. The number of hydrogen-bond acceptors (Lipinski definition) is 4. The van der Waals surface area contributed by atoms with Crippen LogP contribution in [0.5, 0.6) is 0 Å². The minimum atomic E-state index is -0.395. The molecule has 0 unspecified atom stereocenters. The number of imide groups is 1. The molecular formula is C26H30N2O3S. The number of nitrogens with one attached hydrogen (secondary N) is 1. The normalized spacial score (nSPS) is 15.8. The molecule has 1 N–H and O–H groups in total. The second-order valence-electron chi connectivity index (χ2n) is 10.1. The minimum Gasteiger partial charge on any atom is -0.311 e. The SMILES string of the molecule is CN(C(=O)c1ccc(/C=C2\SC(=O)NC2=O)cc1)c1cc(C(C)(C)C)cc(C(C)(C)C)c1. The first-order chi connectivity index (χ1) is 14.8. The number of nitrogens with zero attached hydrogens (tertiary/aromatic N) is 1. The summed E-state index contributed by atoms with van der Waals surface area (Å²) in [6.45, 7) is 13.0. The number of benzene rings is 2. The quantitative estimate of drug-likeness (QED) is 0.593. The van der Waals surface area contributed by atoms with Gasteiger partial charge in [0.15, 0.2) is 0 Å². The summed E-state index contributed by atoms with van der Waals surface area (Å²) in [6, 6.07) is 13.4. The van der Waals surface area contributed by atoms with Crippen molar-refractivity contribution in [2.75, 3.05) is 11.9 Å². The van der Waals surface area contributed by atoms with Gasteiger partial charge in [0.2, 0.25) is 0 Å². The van der Waals surface area contributed by atoms with Crippen molar-refractivity contribution in [3.05, 3.63) is 69.6 Å². The van der Waals surface area contributed by atoms with Crippen LogP contribution in [0.4, 0.5) is 10.5 Å². The molecule has 0 aliphatic carbocycles. The van der Waals surface area contributed by atoms with E-state index in [4.69, 9.17) is 0 Å². The van der Waals surface area contributed by atoms with E-state index in [1.807, 2.05) is 0 Å². The van der Waals surface area contributed by atoms with Gasteiger partial charge >= 0.3 is 0 Å². The summed E-state index contributed by atoms with van der Waals surface area (Å²) >= 11 is 0.874. The van der Waals surface area contributed by atoms with Crippen LogP contribution in [-0.4, -0.2) is 24.1 Å². The smallest absolute Gasteiger partial charge is 0.290 e. The zero-order valence-corrected chi connectivity index (χ0v) is 20.5. The van der Waals surface area contributed by atoms with Crippen molar-refractivity contribution in [2.45, 2.75) is 52.4 Å². The fourth-order valence-electron chi connectivity index (χ4n) is 3.28. The van der Waals surface area contributed by atoms with Crippen LogP contribution in [-0.2, 0) is 15.6 Å². The van der Waals surface area contributed by atoms with Crippen molar-refractivity contribution < 1.29 is 14.4 Å². The van der Waals surface area contributed by atoms with Gasteiger partial charge in [0, 0.05) is 18.3 Å². The average molecular weight is 451 g/mol. The average Bonchev–Trinajstić information content (AvgIpc) is 3.02. The molecule has 32 heavy (non-hydrogen) atoms. The standard InChI is InChI=1S/C26H30N2O3S/c1-25(2,3)18-13-19(26(4,5)6)15-20(14-18)28(7)23(30)17-10-8-16(9-11-17)12-21-22(29)27-24(31)32-21/h8-15H,1-7H3,(H,27,29,31)/b21-12-. The van der Waals surface area contributed by atoms with E-state index in [1.165, 1.54) is 11.1 Å². The first-order valence-electron chi connectivity index (χ1n) is 10.5. The van der Waals surface area contributed by atoms with E-state index in [0.717, 1.165) is 23.0 Å². The number of rotatable bonds is 3. The van der Waals surface area contributed by atoms with Crippen molar-refractivity contribution in [3.8, 4) is 0 Å². The number of anilines is 1. The minimum absolute atomic E-state index is 0.0407. The lowest BCUT2D eigenvalue weighted by atomic mass is 9.80. The van der Waals surface area contributed by atoms with Gasteiger partial charge in [-0.25, -0.2) is 0 Å². The Balaban J connectivity index is 1.89. The van der Waals surface area contributed by atoms with Gasteiger partial charge in [0.05, 0.1) is 4.91 Å². The van der Waals surface area contributed by atoms with Crippen LogP contribution in [0.3, 0.4) is 0 Å². The molecule has 0 bridgehead atoms. The fraction of sp³-hybridized carbons (Fsp3) is 0.346. The van der Waals surface area contributed by atoms with Crippen LogP contribution in [0.1, 0.15) is 68.6 Å². The molecule has 2 aromatic rings. The van der Waals surface area contributed by atoms with Gasteiger partial charge in [-0.15, -0.1) is 0 Å². The Kier molecular flexibility index (Phi) is 6.38. The molecule has 0 spiro atoms. The summed E-state index contributed by atoms with van der Waals surface area (Å²) in [6.07, 6.45) is 1.64. The lowest BCUT2D eigenvalue weighted by Crippen LogP contribution is -2.27. The molecule has 1 fully saturated rings. The van der Waals surface area contributed by atoms with Crippen LogP contribution in [0, 0.1) is 0 Å². The van der Waals surface area contributed by atoms with Crippen LogP contribution in [0.2, 0.25) is 0 Å². The number of amides is 3. The molecule has 6 heteroatoms. The summed E-state index contributed by atoms with van der Waals surface area (Å²) in [5.74, 6) is -0.508. The first kappa shape index (κ1) is 23.8. The van der Waals surface area contributed by atoms with Gasteiger partial charge in [-0.1, -0.05) is 59.7 Å². The van der Waals surface area contributed by atoms with E-state index in [1.54, 1.807) is 42.3 Å². The van der Waals surface area contributed by atoms with Crippen LogP contribution >= 0.6 is 11.8 Å². The molecule has 1 aliphatic heterocycles. The number of carbonyl (C=O) groups excluding carboxylic acids is 3. The molecule has 2 aromatic carbocycles. The first-order valence-corrected chi connectivity index (χ1v) is 11.4. The topological polar surface area (TPSA) is 66.5 Å². The highest BCUT2D eigenvalue weighted by molar-refractivity contribution is 8.18. The molecule has 0 atom stereocenters. The van der Waals surface area contributed by atoms with Crippen molar-refractivity contribution in [1.82, 2.24) is 5.32 Å². The highest BCUT2D eigenvalue weighted by atomic mass is 32.2. The third-order valence-corrected chi connectivity index (χ3v) is 6.25. The molecule has 1 heterocycles. The maximum absolute atomic E-state index is 13.2. The Bertz CT molecular complexity index is 1070. The van der Waals surface area contributed by atoms with Gasteiger partial charge in [-0.3, -0.25) is 19.7 Å². The summed E-state index contributed by atoms with van der Waals surface area (Å²) in [4.78, 5) is 38.3. The fourth-order valence-corrected chi connectivity index (χ4v) is 3.96. The van der Waals surface area contributed by atoms with Gasteiger partial charge in [-0.2, -0.15) is 0 Å². The molecule has 3 rings (SSSR count). The van der Waals surface area contributed by atoms with Crippen LogP contribution < -0.4 is 10.2 Å². The molecule has 0 saturated carbocycles. The molecule has 0 radical (unpaired) electrons. The van der Waals surface area contributed by atoms with E-state index < -0.39 is 5.91 Å². The summed E-state index contributed by atoms with van der Waals surface area (Å²) in [5, 5.41) is 1.86. The number of thioether (sulfide) groups is 1. The maximum Gasteiger partial charge on any atom is 0.290 e. The summed E-state index contributed by atoms with van der Waals surface area (Å²) in [7, 11) is 1.79. The van der Waals surface area contributed by atoms with Gasteiger partial charge in [-0.05, 0) is 69.6 Å².